The van der Waals surface area contributed by atoms with Crippen molar-refractivity contribution in [2.45, 2.75) is 6.92 Å². The molecule has 0 unspecified atom stereocenters. The van der Waals surface area contributed by atoms with Crippen LogP contribution in [-0.4, -0.2) is 4.98 Å². The number of hydrogen-bond donors (Lipinski definition) is 0. The number of aryl methyl sites for hydroxylation is 1. The summed E-state index contributed by atoms with van der Waals surface area (Å²) in [6.07, 6.45) is 0. The van der Waals surface area contributed by atoms with Crippen LogP contribution in [0.25, 0.3) is 0 Å². The van der Waals surface area contributed by atoms with Crippen molar-refractivity contribution in [3.8, 4) is 0 Å². The molecule has 2 radical (unpaired) electrons. The van der Waals surface area contributed by atoms with E-state index >= 15 is 0 Å². The Morgan fingerprint density at radius 1 is 1.86 bits per heavy atom. The molecule has 0 aromatic carbocycles. The maximum atomic E-state index is 5.40. The number of hydrogen-bond acceptors (Lipinski definition) is 2. The molecular formula is C5H5NS. The van der Waals surface area contributed by atoms with E-state index in [0.29, 0.717) is 0 Å². The van der Waals surface area contributed by atoms with Crippen molar-refractivity contribution in [3.63, 3.8) is 0 Å². The first kappa shape index (κ1) is 4.78. The highest BCUT2D eigenvalue weighted by molar-refractivity contribution is 7.09. The number of rotatable bonds is 0. The van der Waals surface area contributed by atoms with Crippen LogP contribution in [0.15, 0.2) is 5.51 Å². The Morgan fingerprint density at radius 2 is 2.57 bits per heavy atom. The van der Waals surface area contributed by atoms with Crippen LogP contribution in [0.5, 0.6) is 0 Å². The largest absolute Gasteiger partial charge is 0.250 e. The van der Waals surface area contributed by atoms with Gasteiger partial charge in [-0.25, -0.2) is 4.98 Å². The quantitative estimate of drug-likeness (QED) is 0.494. The fourth-order valence-electron chi connectivity index (χ4n) is 0.311. The summed E-state index contributed by atoms with van der Waals surface area (Å²) >= 11 is 1.47. The topological polar surface area (TPSA) is 12.9 Å². The molecule has 1 aromatic rings. The Balaban J connectivity index is 3.12. The van der Waals surface area contributed by atoms with Gasteiger partial charge in [-0.1, -0.05) is 0 Å². The van der Waals surface area contributed by atoms with Crippen LogP contribution in [-0.2, 0) is 0 Å². The van der Waals surface area contributed by atoms with Gasteiger partial charge in [0.25, 0.3) is 0 Å². The Bertz CT molecular complexity index is 140. The number of nitrogens with zero attached hydrogens (tertiary/aromatic N) is 1. The molecule has 0 amide bonds. The molecule has 0 bridgehead atoms. The molecule has 7 heavy (non-hydrogen) atoms. The van der Waals surface area contributed by atoms with E-state index < -0.39 is 0 Å². The zero-order valence-electron chi connectivity index (χ0n) is 4.01. The van der Waals surface area contributed by atoms with Crippen LogP contribution < -0.4 is 0 Å². The highest BCUT2D eigenvalue weighted by atomic mass is 32.1. The lowest BCUT2D eigenvalue weighted by molar-refractivity contribution is 1.25. The standard InChI is InChI=1S/C5H5NS/c1-4-5(2)7-3-6-4/h2-3H,1H3. The van der Waals surface area contributed by atoms with E-state index in [2.05, 4.69) is 4.98 Å². The van der Waals surface area contributed by atoms with Gasteiger partial charge < -0.3 is 0 Å². The number of thiazole rings is 1. The molecule has 1 aromatic heterocycles. The Morgan fingerprint density at radius 3 is 2.71 bits per heavy atom. The van der Waals surface area contributed by atoms with Gasteiger partial charge in [-0.15, -0.1) is 11.3 Å². The minimum absolute atomic E-state index is 0.819. The van der Waals surface area contributed by atoms with Crippen molar-refractivity contribution >= 4 is 11.3 Å². The highest BCUT2D eigenvalue weighted by Crippen LogP contribution is 2.07. The second-order valence-electron chi connectivity index (χ2n) is 1.30. The van der Waals surface area contributed by atoms with Gasteiger partial charge in [0, 0.05) is 11.8 Å². The molecule has 0 aliphatic carbocycles. The summed E-state index contributed by atoms with van der Waals surface area (Å²) < 4.78 is 0. The molecule has 0 saturated heterocycles. The van der Waals surface area contributed by atoms with Gasteiger partial charge in [0.15, 0.2) is 0 Å². The third-order valence-electron chi connectivity index (χ3n) is 0.783. The van der Waals surface area contributed by atoms with E-state index in [1.165, 1.54) is 11.3 Å². The molecule has 0 aliphatic rings. The minimum Gasteiger partial charge on any atom is -0.250 e. The third kappa shape index (κ3) is 0.800. The average molecular weight is 111 g/mol. The minimum atomic E-state index is 0.819. The first-order chi connectivity index (χ1) is 3.30. The lowest BCUT2D eigenvalue weighted by atomic mass is 10.4. The monoisotopic (exact) mass is 111 g/mol. The van der Waals surface area contributed by atoms with Crippen molar-refractivity contribution in [1.29, 1.82) is 0 Å². The van der Waals surface area contributed by atoms with Gasteiger partial charge in [-0.2, -0.15) is 0 Å². The normalized spacial score (nSPS) is 9.43. The summed E-state index contributed by atoms with van der Waals surface area (Å²) in [5, 5.41) is 0. The van der Waals surface area contributed by atoms with Gasteiger partial charge in [-0.05, 0) is 6.92 Å². The van der Waals surface area contributed by atoms with E-state index in [9.17, 15) is 0 Å². The predicted molar refractivity (Wildman–Crippen MR) is 30.3 cm³/mol. The Hall–Kier alpha value is -0.370. The van der Waals surface area contributed by atoms with E-state index in [0.717, 1.165) is 10.6 Å². The SMILES string of the molecule is [CH]c1scnc1C. The molecule has 0 aliphatic heterocycles. The fraction of sp³-hybridized carbons (Fsp3) is 0.200. The molecular weight excluding hydrogens is 106 g/mol. The summed E-state index contributed by atoms with van der Waals surface area (Å²) in [6, 6.07) is 0. The Labute approximate surface area is 47.0 Å². The van der Waals surface area contributed by atoms with E-state index in [4.69, 9.17) is 6.92 Å². The average Bonchev–Trinajstić information content (AvgIpc) is 1.91. The molecule has 0 fully saturated rings. The van der Waals surface area contributed by atoms with Crippen LogP contribution in [0.1, 0.15) is 10.6 Å². The van der Waals surface area contributed by atoms with Crippen molar-refractivity contribution in [1.82, 2.24) is 4.98 Å². The van der Waals surface area contributed by atoms with Gasteiger partial charge >= 0.3 is 0 Å². The molecule has 0 spiro atoms. The van der Waals surface area contributed by atoms with E-state index in [-0.39, 0.29) is 0 Å². The smallest absolute Gasteiger partial charge is 0.0797 e. The van der Waals surface area contributed by atoms with E-state index in [1.54, 1.807) is 5.51 Å². The van der Waals surface area contributed by atoms with Crippen molar-refractivity contribution < 1.29 is 0 Å². The molecule has 0 atom stereocenters. The number of aromatic nitrogens is 1. The van der Waals surface area contributed by atoms with Crippen LogP contribution in [0, 0.1) is 13.8 Å². The fourth-order valence-corrected chi connectivity index (χ4v) is 0.859. The van der Waals surface area contributed by atoms with Gasteiger partial charge in [0.2, 0.25) is 0 Å². The summed E-state index contributed by atoms with van der Waals surface area (Å²) in [7, 11) is 0. The Kier molecular flexibility index (Phi) is 1.11. The molecule has 36 valence electrons. The van der Waals surface area contributed by atoms with Gasteiger partial charge in [-0.3, -0.25) is 0 Å². The summed E-state index contributed by atoms with van der Waals surface area (Å²) in [6.45, 7) is 7.29. The molecule has 1 heterocycles. The first-order valence-electron chi connectivity index (χ1n) is 1.96. The first-order valence-corrected chi connectivity index (χ1v) is 2.84. The maximum Gasteiger partial charge on any atom is 0.0797 e. The zero-order chi connectivity index (χ0) is 5.28. The zero-order valence-corrected chi connectivity index (χ0v) is 4.83. The molecule has 1 rings (SSSR count). The van der Waals surface area contributed by atoms with Crippen molar-refractivity contribution in [2.75, 3.05) is 0 Å². The molecule has 0 N–H and O–H groups in total. The summed E-state index contributed by atoms with van der Waals surface area (Å²) in [5.74, 6) is 0. The summed E-state index contributed by atoms with van der Waals surface area (Å²) in [4.78, 5) is 4.73. The highest BCUT2D eigenvalue weighted by Gasteiger charge is 1.89. The van der Waals surface area contributed by atoms with Crippen LogP contribution in [0.4, 0.5) is 0 Å². The lowest BCUT2D eigenvalue weighted by Crippen LogP contribution is -1.68. The third-order valence-corrected chi connectivity index (χ3v) is 1.54. The van der Waals surface area contributed by atoms with E-state index in [1.807, 2.05) is 6.92 Å². The van der Waals surface area contributed by atoms with Gasteiger partial charge in [0.1, 0.15) is 0 Å². The van der Waals surface area contributed by atoms with Crippen molar-refractivity contribution in [3.05, 3.63) is 23.0 Å². The molecule has 0 saturated carbocycles. The second kappa shape index (κ2) is 1.62. The lowest BCUT2D eigenvalue weighted by Gasteiger charge is -1.77. The molecule has 2 heteroatoms. The second-order valence-corrected chi connectivity index (χ2v) is 2.19. The van der Waals surface area contributed by atoms with Crippen LogP contribution in [0.2, 0.25) is 0 Å². The van der Waals surface area contributed by atoms with Crippen molar-refractivity contribution in [2.24, 2.45) is 0 Å². The summed E-state index contributed by atoms with van der Waals surface area (Å²) in [5.41, 5.74) is 2.68. The van der Waals surface area contributed by atoms with Crippen LogP contribution in [0.3, 0.4) is 0 Å². The van der Waals surface area contributed by atoms with Crippen LogP contribution >= 0.6 is 11.3 Å². The predicted octanol–water partition coefficient (Wildman–Crippen LogP) is 1.51. The van der Waals surface area contributed by atoms with Gasteiger partial charge in [0.05, 0.1) is 11.2 Å². The molecule has 1 nitrogen and oxygen atoms in total. The maximum absolute atomic E-state index is 5.40.